The van der Waals surface area contributed by atoms with Crippen molar-refractivity contribution in [2.45, 2.75) is 19.4 Å². The summed E-state index contributed by atoms with van der Waals surface area (Å²) in [5, 5.41) is 5.52. The van der Waals surface area contributed by atoms with Crippen LogP contribution in [0.3, 0.4) is 0 Å². The van der Waals surface area contributed by atoms with E-state index in [1.807, 2.05) is 6.07 Å². The number of thiophene rings is 1. The summed E-state index contributed by atoms with van der Waals surface area (Å²) >= 11 is 5.19. The third kappa shape index (κ3) is 3.64. The van der Waals surface area contributed by atoms with Gasteiger partial charge in [-0.05, 0) is 52.7 Å². The van der Waals surface area contributed by atoms with Crippen molar-refractivity contribution < 1.29 is 4.39 Å². The average molecular weight is 328 g/mol. The lowest BCUT2D eigenvalue weighted by molar-refractivity contribution is 0.554. The predicted molar refractivity (Wildman–Crippen MR) is 78.5 cm³/mol. The van der Waals surface area contributed by atoms with E-state index in [0.29, 0.717) is 0 Å². The summed E-state index contributed by atoms with van der Waals surface area (Å²) in [5.74, 6) is -0.171. The Morgan fingerprint density at radius 3 is 2.83 bits per heavy atom. The Balaban J connectivity index is 2.16. The minimum Gasteiger partial charge on any atom is -0.309 e. The molecule has 2 rings (SSSR count). The molecule has 0 fully saturated rings. The summed E-state index contributed by atoms with van der Waals surface area (Å²) < 4.78 is 14.3. The van der Waals surface area contributed by atoms with Gasteiger partial charge in [0.05, 0.1) is 0 Å². The Kier molecular flexibility index (Phi) is 4.92. The first kappa shape index (κ1) is 13.7. The highest BCUT2D eigenvalue weighted by Gasteiger charge is 2.13. The van der Waals surface area contributed by atoms with E-state index in [1.54, 1.807) is 23.5 Å². The zero-order chi connectivity index (χ0) is 13.0. The maximum atomic E-state index is 13.2. The van der Waals surface area contributed by atoms with Gasteiger partial charge in [0.25, 0.3) is 0 Å². The SMILES string of the molecule is CCNC(Cc1cccc(F)c1)c1cc(Br)cs1. The molecule has 0 aliphatic rings. The summed E-state index contributed by atoms with van der Waals surface area (Å²) in [7, 11) is 0. The quantitative estimate of drug-likeness (QED) is 0.849. The molecule has 1 N–H and O–H groups in total. The first-order chi connectivity index (χ1) is 8.69. The van der Waals surface area contributed by atoms with Crippen LogP contribution >= 0.6 is 27.3 Å². The van der Waals surface area contributed by atoms with Gasteiger partial charge in [-0.2, -0.15) is 0 Å². The minimum absolute atomic E-state index is 0.171. The first-order valence-corrected chi connectivity index (χ1v) is 7.58. The molecule has 4 heteroatoms. The van der Waals surface area contributed by atoms with E-state index in [-0.39, 0.29) is 11.9 Å². The number of benzene rings is 1. The van der Waals surface area contributed by atoms with Crippen LogP contribution in [0.25, 0.3) is 0 Å². The van der Waals surface area contributed by atoms with Crippen LogP contribution in [0.5, 0.6) is 0 Å². The Hall–Kier alpha value is -0.710. The summed E-state index contributed by atoms with van der Waals surface area (Å²) in [6.45, 7) is 2.98. The molecule has 18 heavy (non-hydrogen) atoms. The second-order valence-corrected chi connectivity index (χ2v) is 5.97. The van der Waals surface area contributed by atoms with Gasteiger partial charge in [0.2, 0.25) is 0 Å². The monoisotopic (exact) mass is 327 g/mol. The first-order valence-electron chi connectivity index (χ1n) is 5.90. The molecular weight excluding hydrogens is 313 g/mol. The summed E-state index contributed by atoms with van der Waals surface area (Å²) in [6, 6.07) is 9.18. The van der Waals surface area contributed by atoms with Gasteiger partial charge in [-0.1, -0.05) is 19.1 Å². The Bertz CT molecular complexity index is 512. The number of nitrogens with one attached hydrogen (secondary N) is 1. The Labute approximate surface area is 119 Å². The number of likely N-dealkylation sites (N-methyl/N-ethyl adjacent to an activating group) is 1. The van der Waals surface area contributed by atoms with Crippen molar-refractivity contribution in [3.05, 3.63) is 56.4 Å². The molecular formula is C14H15BrFNS. The van der Waals surface area contributed by atoms with Crippen LogP contribution in [0, 0.1) is 5.82 Å². The molecule has 0 saturated heterocycles. The van der Waals surface area contributed by atoms with Gasteiger partial charge in [0.15, 0.2) is 0 Å². The number of halogens is 2. The van der Waals surface area contributed by atoms with E-state index in [4.69, 9.17) is 0 Å². The van der Waals surface area contributed by atoms with Gasteiger partial charge in [-0.3, -0.25) is 0 Å². The molecule has 96 valence electrons. The van der Waals surface area contributed by atoms with Crippen molar-refractivity contribution in [3.63, 3.8) is 0 Å². The van der Waals surface area contributed by atoms with Crippen LogP contribution in [0.4, 0.5) is 4.39 Å². The van der Waals surface area contributed by atoms with Gasteiger partial charge >= 0.3 is 0 Å². The molecule has 1 atom stereocenters. The predicted octanol–water partition coefficient (Wildman–Crippen LogP) is 4.54. The fraction of sp³-hybridized carbons (Fsp3) is 0.286. The smallest absolute Gasteiger partial charge is 0.123 e. The van der Waals surface area contributed by atoms with E-state index in [0.717, 1.165) is 23.0 Å². The lowest BCUT2D eigenvalue weighted by atomic mass is 10.0. The molecule has 0 saturated carbocycles. The zero-order valence-corrected chi connectivity index (χ0v) is 12.5. The second-order valence-electron chi connectivity index (χ2n) is 4.11. The summed E-state index contributed by atoms with van der Waals surface area (Å²) in [4.78, 5) is 1.27. The maximum Gasteiger partial charge on any atom is 0.123 e. The van der Waals surface area contributed by atoms with Gasteiger partial charge in [0.1, 0.15) is 5.82 Å². The molecule has 0 aliphatic heterocycles. The molecule has 0 amide bonds. The van der Waals surface area contributed by atoms with Crippen LogP contribution < -0.4 is 5.32 Å². The lowest BCUT2D eigenvalue weighted by Crippen LogP contribution is -2.22. The van der Waals surface area contributed by atoms with E-state index in [9.17, 15) is 4.39 Å². The average Bonchev–Trinajstić information content (AvgIpc) is 2.75. The highest BCUT2D eigenvalue weighted by molar-refractivity contribution is 9.10. The van der Waals surface area contributed by atoms with E-state index in [2.05, 4.69) is 39.6 Å². The van der Waals surface area contributed by atoms with Gasteiger partial charge in [-0.15, -0.1) is 11.3 Å². The standard InChI is InChI=1S/C14H15BrFNS/c1-2-17-13(14-8-11(15)9-18-14)7-10-4-3-5-12(16)6-10/h3-6,8-9,13,17H,2,7H2,1H3. The lowest BCUT2D eigenvalue weighted by Gasteiger charge is -2.16. The van der Waals surface area contributed by atoms with Crippen molar-refractivity contribution in [1.29, 1.82) is 0 Å². The van der Waals surface area contributed by atoms with Crippen LogP contribution in [-0.4, -0.2) is 6.54 Å². The van der Waals surface area contributed by atoms with Crippen LogP contribution in [-0.2, 0) is 6.42 Å². The Morgan fingerprint density at radius 1 is 1.39 bits per heavy atom. The molecule has 0 bridgehead atoms. The maximum absolute atomic E-state index is 13.2. The zero-order valence-electron chi connectivity index (χ0n) is 10.1. The number of rotatable bonds is 5. The highest BCUT2D eigenvalue weighted by Crippen LogP contribution is 2.28. The third-order valence-electron chi connectivity index (χ3n) is 2.71. The van der Waals surface area contributed by atoms with Crippen LogP contribution in [0.15, 0.2) is 40.2 Å². The Morgan fingerprint density at radius 2 is 2.22 bits per heavy atom. The number of hydrogen-bond acceptors (Lipinski definition) is 2. The fourth-order valence-electron chi connectivity index (χ4n) is 1.93. The van der Waals surface area contributed by atoms with Crippen molar-refractivity contribution >= 4 is 27.3 Å². The normalized spacial score (nSPS) is 12.6. The topological polar surface area (TPSA) is 12.0 Å². The summed E-state index contributed by atoms with van der Waals surface area (Å²) in [5.41, 5.74) is 1.02. The fourth-order valence-corrected chi connectivity index (χ4v) is 3.45. The van der Waals surface area contributed by atoms with Crippen molar-refractivity contribution in [3.8, 4) is 0 Å². The minimum atomic E-state index is -0.171. The van der Waals surface area contributed by atoms with Crippen LogP contribution in [0.1, 0.15) is 23.4 Å². The van der Waals surface area contributed by atoms with Crippen molar-refractivity contribution in [1.82, 2.24) is 5.32 Å². The van der Waals surface area contributed by atoms with Gasteiger partial charge in [-0.25, -0.2) is 4.39 Å². The molecule has 0 radical (unpaired) electrons. The molecule has 1 nitrogen and oxygen atoms in total. The molecule has 1 unspecified atom stereocenters. The van der Waals surface area contributed by atoms with Crippen molar-refractivity contribution in [2.75, 3.05) is 6.54 Å². The second kappa shape index (κ2) is 6.45. The molecule has 0 aliphatic carbocycles. The molecule has 1 heterocycles. The van der Waals surface area contributed by atoms with E-state index >= 15 is 0 Å². The third-order valence-corrected chi connectivity index (χ3v) is 4.52. The largest absolute Gasteiger partial charge is 0.309 e. The van der Waals surface area contributed by atoms with Crippen LogP contribution in [0.2, 0.25) is 0 Å². The molecule has 0 spiro atoms. The molecule has 1 aromatic carbocycles. The van der Waals surface area contributed by atoms with Gasteiger partial charge < -0.3 is 5.32 Å². The molecule has 1 aromatic heterocycles. The van der Waals surface area contributed by atoms with E-state index in [1.165, 1.54) is 10.9 Å². The molecule has 2 aromatic rings. The van der Waals surface area contributed by atoms with Gasteiger partial charge in [0, 0.05) is 20.8 Å². The van der Waals surface area contributed by atoms with Crippen molar-refractivity contribution in [2.24, 2.45) is 0 Å². The van der Waals surface area contributed by atoms with E-state index < -0.39 is 0 Å². The number of hydrogen-bond donors (Lipinski definition) is 1. The summed E-state index contributed by atoms with van der Waals surface area (Å²) in [6.07, 6.45) is 0.804. The highest BCUT2D eigenvalue weighted by atomic mass is 79.9.